The van der Waals surface area contributed by atoms with Crippen molar-refractivity contribution in [3.63, 3.8) is 0 Å². The molecule has 5 aromatic rings. The summed E-state index contributed by atoms with van der Waals surface area (Å²) >= 11 is 3.51. The Balaban J connectivity index is 1.86. The zero-order chi connectivity index (χ0) is 19.1. The molecule has 0 fully saturated rings. The summed E-state index contributed by atoms with van der Waals surface area (Å²) in [5.41, 5.74) is 6.28. The number of nitrogens with zero attached hydrogens (tertiary/aromatic N) is 2. The van der Waals surface area contributed by atoms with Crippen LogP contribution in [-0.4, -0.2) is 4.57 Å². The largest absolute Gasteiger partial charge is 0.309 e. The number of nitriles is 1. The van der Waals surface area contributed by atoms with Gasteiger partial charge in [0.15, 0.2) is 0 Å². The maximum Gasteiger partial charge on any atom is 0.0992 e. The predicted molar refractivity (Wildman–Crippen MR) is 119 cm³/mol. The summed E-state index contributed by atoms with van der Waals surface area (Å²) in [4.78, 5) is 0. The van der Waals surface area contributed by atoms with Gasteiger partial charge < -0.3 is 4.57 Å². The number of hydrogen-bond donors (Lipinski definition) is 0. The lowest BCUT2D eigenvalue weighted by molar-refractivity contribution is 1.18. The molecule has 28 heavy (non-hydrogen) atoms. The third-order valence-corrected chi connectivity index (χ3v) is 5.62. The van der Waals surface area contributed by atoms with Crippen LogP contribution in [0.5, 0.6) is 0 Å². The van der Waals surface area contributed by atoms with Crippen molar-refractivity contribution in [1.29, 1.82) is 5.26 Å². The zero-order valence-electron chi connectivity index (χ0n) is 14.9. The van der Waals surface area contributed by atoms with Crippen LogP contribution in [0.2, 0.25) is 0 Å². The molecule has 0 bridgehead atoms. The Kier molecular flexibility index (Phi) is 4.00. The molecule has 0 radical (unpaired) electrons. The normalized spacial score (nSPS) is 11.0. The Morgan fingerprint density at radius 1 is 0.679 bits per heavy atom. The average molecular weight is 423 g/mol. The summed E-state index contributed by atoms with van der Waals surface area (Å²) < 4.78 is 3.31. The van der Waals surface area contributed by atoms with E-state index in [1.807, 2.05) is 30.3 Å². The highest BCUT2D eigenvalue weighted by molar-refractivity contribution is 9.10. The molecule has 4 aromatic carbocycles. The summed E-state index contributed by atoms with van der Waals surface area (Å²) in [7, 11) is 0. The molecule has 3 heteroatoms. The number of benzene rings is 4. The summed E-state index contributed by atoms with van der Waals surface area (Å²) in [5.74, 6) is 0. The van der Waals surface area contributed by atoms with Gasteiger partial charge in [-0.3, -0.25) is 0 Å². The van der Waals surface area contributed by atoms with Gasteiger partial charge in [0.1, 0.15) is 0 Å². The Bertz CT molecular complexity index is 1360. The number of rotatable bonds is 2. The number of hydrogen-bond acceptors (Lipinski definition) is 1. The van der Waals surface area contributed by atoms with Gasteiger partial charge in [0, 0.05) is 20.9 Å². The summed E-state index contributed by atoms with van der Waals surface area (Å²) in [6.45, 7) is 0. The van der Waals surface area contributed by atoms with E-state index in [1.54, 1.807) is 0 Å². The number of fused-ring (bicyclic) bond motifs is 3. The number of para-hydroxylation sites is 1. The number of aromatic nitrogens is 1. The minimum atomic E-state index is 0.667. The molecule has 1 aromatic heterocycles. The molecule has 0 aliphatic rings. The first-order valence-electron chi connectivity index (χ1n) is 9.04. The van der Waals surface area contributed by atoms with E-state index >= 15 is 0 Å². The third-order valence-electron chi connectivity index (χ3n) is 5.09. The average Bonchev–Trinajstić information content (AvgIpc) is 3.07. The minimum absolute atomic E-state index is 0.667. The Morgan fingerprint density at radius 2 is 1.32 bits per heavy atom. The first-order valence-corrected chi connectivity index (χ1v) is 9.83. The van der Waals surface area contributed by atoms with Crippen molar-refractivity contribution < 1.29 is 0 Å². The molecule has 0 atom stereocenters. The second-order valence-electron chi connectivity index (χ2n) is 6.75. The van der Waals surface area contributed by atoms with Gasteiger partial charge in [-0.15, -0.1) is 0 Å². The lowest BCUT2D eigenvalue weighted by Crippen LogP contribution is -1.93. The summed E-state index contributed by atoms with van der Waals surface area (Å²) in [6, 6.07) is 33.4. The topological polar surface area (TPSA) is 28.7 Å². The second-order valence-corrected chi connectivity index (χ2v) is 7.67. The molecular formula is C25H15BrN2. The molecule has 0 saturated carbocycles. The Hall–Kier alpha value is -3.35. The van der Waals surface area contributed by atoms with Gasteiger partial charge in [-0.25, -0.2) is 0 Å². The molecule has 1 heterocycles. The van der Waals surface area contributed by atoms with E-state index in [-0.39, 0.29) is 0 Å². The van der Waals surface area contributed by atoms with Crippen LogP contribution in [0.15, 0.2) is 95.5 Å². The van der Waals surface area contributed by atoms with E-state index in [9.17, 15) is 5.26 Å². The van der Waals surface area contributed by atoms with Crippen LogP contribution in [0.4, 0.5) is 0 Å². The molecule has 0 unspecified atom stereocenters. The Labute approximate surface area is 171 Å². The predicted octanol–water partition coefficient (Wildman–Crippen LogP) is 7.08. The highest BCUT2D eigenvalue weighted by atomic mass is 79.9. The van der Waals surface area contributed by atoms with Crippen molar-refractivity contribution >= 4 is 37.7 Å². The van der Waals surface area contributed by atoms with E-state index in [4.69, 9.17) is 0 Å². The van der Waals surface area contributed by atoms with Crippen LogP contribution in [0.3, 0.4) is 0 Å². The van der Waals surface area contributed by atoms with E-state index in [1.165, 1.54) is 16.5 Å². The summed E-state index contributed by atoms with van der Waals surface area (Å²) in [5, 5.41) is 11.7. The lowest BCUT2D eigenvalue weighted by Gasteiger charge is -2.09. The van der Waals surface area contributed by atoms with Gasteiger partial charge in [-0.1, -0.05) is 64.5 Å². The fourth-order valence-corrected chi connectivity index (χ4v) is 4.03. The van der Waals surface area contributed by atoms with Crippen molar-refractivity contribution in [3.8, 4) is 22.9 Å². The van der Waals surface area contributed by atoms with Crippen LogP contribution in [0, 0.1) is 11.3 Å². The van der Waals surface area contributed by atoms with Gasteiger partial charge in [-0.2, -0.15) is 5.26 Å². The van der Waals surface area contributed by atoms with Crippen LogP contribution in [0.1, 0.15) is 5.56 Å². The van der Waals surface area contributed by atoms with E-state index < -0.39 is 0 Å². The van der Waals surface area contributed by atoms with Crippen LogP contribution >= 0.6 is 15.9 Å². The summed E-state index contributed by atoms with van der Waals surface area (Å²) in [6.07, 6.45) is 0. The van der Waals surface area contributed by atoms with Crippen molar-refractivity contribution in [2.75, 3.05) is 0 Å². The van der Waals surface area contributed by atoms with Crippen LogP contribution < -0.4 is 0 Å². The van der Waals surface area contributed by atoms with Gasteiger partial charge in [0.05, 0.1) is 22.7 Å². The zero-order valence-corrected chi connectivity index (χ0v) is 16.5. The molecule has 0 amide bonds. The smallest absolute Gasteiger partial charge is 0.0992 e. The van der Waals surface area contributed by atoms with Crippen molar-refractivity contribution in [2.24, 2.45) is 0 Å². The molecule has 0 aliphatic carbocycles. The molecule has 2 nitrogen and oxygen atoms in total. The van der Waals surface area contributed by atoms with Crippen LogP contribution in [-0.2, 0) is 0 Å². The quantitative estimate of drug-likeness (QED) is 0.298. The highest BCUT2D eigenvalue weighted by Gasteiger charge is 2.14. The molecule has 0 saturated heterocycles. The van der Waals surface area contributed by atoms with Crippen molar-refractivity contribution in [3.05, 3.63) is 101 Å². The first-order chi connectivity index (χ1) is 13.7. The molecule has 0 N–H and O–H groups in total. The molecule has 0 aliphatic heterocycles. The third kappa shape index (κ3) is 2.70. The Morgan fingerprint density at radius 3 is 2.04 bits per heavy atom. The standard InChI is InChI=1S/C25H15BrN2/c26-20-10-7-18(8-11-20)19-9-13-23-22-12-6-17(16-27)14-24(22)28(25(23)15-19)21-4-2-1-3-5-21/h1-15H. The fourth-order valence-electron chi connectivity index (χ4n) is 3.77. The molecule has 5 rings (SSSR count). The SMILES string of the molecule is N#Cc1ccc2c3ccc(-c4ccc(Br)cc4)cc3n(-c3ccccc3)c2c1. The van der Waals surface area contributed by atoms with Gasteiger partial charge in [0.2, 0.25) is 0 Å². The van der Waals surface area contributed by atoms with E-state index in [0.29, 0.717) is 5.56 Å². The highest BCUT2D eigenvalue weighted by Crippen LogP contribution is 2.35. The minimum Gasteiger partial charge on any atom is -0.309 e. The monoisotopic (exact) mass is 422 g/mol. The molecular weight excluding hydrogens is 408 g/mol. The number of halogens is 1. The van der Waals surface area contributed by atoms with E-state index in [0.717, 1.165) is 26.6 Å². The fraction of sp³-hybridized carbons (Fsp3) is 0. The second kappa shape index (κ2) is 6.67. The van der Waals surface area contributed by atoms with Crippen molar-refractivity contribution in [1.82, 2.24) is 4.57 Å². The molecule has 0 spiro atoms. The van der Waals surface area contributed by atoms with Crippen LogP contribution in [0.25, 0.3) is 38.6 Å². The maximum atomic E-state index is 9.39. The lowest BCUT2D eigenvalue weighted by atomic mass is 10.0. The van der Waals surface area contributed by atoms with Crippen molar-refractivity contribution in [2.45, 2.75) is 0 Å². The maximum absolute atomic E-state index is 9.39. The van der Waals surface area contributed by atoms with Gasteiger partial charge >= 0.3 is 0 Å². The van der Waals surface area contributed by atoms with E-state index in [2.05, 4.69) is 87.2 Å². The first kappa shape index (κ1) is 16.8. The van der Waals surface area contributed by atoms with Gasteiger partial charge in [-0.05, 0) is 53.6 Å². The van der Waals surface area contributed by atoms with Gasteiger partial charge in [0.25, 0.3) is 0 Å². The molecule has 132 valence electrons.